The molecule has 1 aromatic carbocycles. The Morgan fingerprint density at radius 2 is 2.00 bits per heavy atom. The molecule has 2 heterocycles. The molecule has 0 aromatic heterocycles. The lowest BCUT2D eigenvalue weighted by Crippen LogP contribution is -2.49. The normalized spacial score (nSPS) is 19.6. The Balaban J connectivity index is 1.60. The molecule has 4 N–H and O–H groups in total. The van der Waals surface area contributed by atoms with E-state index in [0.717, 1.165) is 6.42 Å². The van der Waals surface area contributed by atoms with E-state index < -0.39 is 12.1 Å². The van der Waals surface area contributed by atoms with Gasteiger partial charge in [-0.1, -0.05) is 0 Å². The van der Waals surface area contributed by atoms with Gasteiger partial charge < -0.3 is 20.1 Å². The molecule has 1 fully saturated rings. The first kappa shape index (κ1) is 14.3. The number of anilines is 1. The van der Waals surface area contributed by atoms with E-state index in [4.69, 9.17) is 15.2 Å². The van der Waals surface area contributed by atoms with E-state index in [9.17, 15) is 9.59 Å². The summed E-state index contributed by atoms with van der Waals surface area (Å²) in [6.45, 7) is 1.54. The number of urea groups is 1. The van der Waals surface area contributed by atoms with Crippen LogP contribution in [0.2, 0.25) is 0 Å². The van der Waals surface area contributed by atoms with Crippen molar-refractivity contribution in [2.24, 2.45) is 5.73 Å². The minimum absolute atomic E-state index is 0.286. The highest BCUT2D eigenvalue weighted by Gasteiger charge is 2.32. The number of carbonyl (C=O) groups excluding carboxylic acids is 2. The Morgan fingerprint density at radius 3 is 2.77 bits per heavy atom. The molecule has 0 spiro atoms. The van der Waals surface area contributed by atoms with Crippen LogP contribution in [0.15, 0.2) is 18.2 Å². The molecule has 0 saturated carbocycles. The molecule has 2 aliphatic rings. The topological polar surface area (TPSA) is 106 Å². The SMILES string of the molecule is NC(=O)N1CCCC1C(=O)NNc1ccc2c(c1)OCCO2. The van der Waals surface area contributed by atoms with Crippen LogP contribution in [0, 0.1) is 0 Å². The van der Waals surface area contributed by atoms with E-state index in [2.05, 4.69) is 10.9 Å². The van der Waals surface area contributed by atoms with Crippen LogP contribution in [0.5, 0.6) is 11.5 Å². The zero-order chi connectivity index (χ0) is 15.5. The van der Waals surface area contributed by atoms with E-state index in [-0.39, 0.29) is 5.91 Å². The van der Waals surface area contributed by atoms with Crippen molar-refractivity contribution in [3.8, 4) is 11.5 Å². The van der Waals surface area contributed by atoms with Gasteiger partial charge in [0.25, 0.3) is 5.91 Å². The molecule has 22 heavy (non-hydrogen) atoms. The molecule has 0 bridgehead atoms. The number of ether oxygens (including phenoxy) is 2. The van der Waals surface area contributed by atoms with Gasteiger partial charge in [-0.05, 0) is 25.0 Å². The molecule has 1 saturated heterocycles. The molecule has 3 rings (SSSR count). The summed E-state index contributed by atoms with van der Waals surface area (Å²) in [7, 11) is 0. The average Bonchev–Trinajstić information content (AvgIpc) is 3.02. The molecule has 8 nitrogen and oxygen atoms in total. The van der Waals surface area contributed by atoms with Crippen molar-refractivity contribution < 1.29 is 19.1 Å². The maximum Gasteiger partial charge on any atom is 0.315 e. The zero-order valence-electron chi connectivity index (χ0n) is 12.0. The summed E-state index contributed by atoms with van der Waals surface area (Å²) < 4.78 is 10.9. The molecule has 118 valence electrons. The van der Waals surface area contributed by atoms with Crippen LogP contribution >= 0.6 is 0 Å². The van der Waals surface area contributed by atoms with Gasteiger partial charge in [0.2, 0.25) is 0 Å². The first-order valence-corrected chi connectivity index (χ1v) is 7.17. The average molecular weight is 306 g/mol. The van der Waals surface area contributed by atoms with Gasteiger partial charge in [-0.15, -0.1) is 0 Å². The lowest BCUT2D eigenvalue weighted by Gasteiger charge is -2.22. The number of fused-ring (bicyclic) bond motifs is 1. The fourth-order valence-electron chi connectivity index (χ4n) is 2.64. The highest BCUT2D eigenvalue weighted by molar-refractivity contribution is 5.87. The monoisotopic (exact) mass is 306 g/mol. The number of nitrogens with two attached hydrogens (primary N) is 1. The van der Waals surface area contributed by atoms with E-state index in [1.54, 1.807) is 18.2 Å². The Hall–Kier alpha value is -2.64. The van der Waals surface area contributed by atoms with Crippen molar-refractivity contribution in [2.45, 2.75) is 18.9 Å². The van der Waals surface area contributed by atoms with Crippen LogP contribution < -0.4 is 26.1 Å². The highest BCUT2D eigenvalue weighted by atomic mass is 16.6. The summed E-state index contributed by atoms with van der Waals surface area (Å²) in [4.78, 5) is 24.8. The number of nitrogens with one attached hydrogen (secondary N) is 2. The summed E-state index contributed by atoms with van der Waals surface area (Å²) >= 11 is 0. The van der Waals surface area contributed by atoms with Gasteiger partial charge in [0.1, 0.15) is 19.3 Å². The van der Waals surface area contributed by atoms with Crippen LogP contribution in [0.1, 0.15) is 12.8 Å². The largest absolute Gasteiger partial charge is 0.486 e. The van der Waals surface area contributed by atoms with Gasteiger partial charge in [-0.25, -0.2) is 4.79 Å². The second kappa shape index (κ2) is 6.00. The van der Waals surface area contributed by atoms with Gasteiger partial charge in [0.15, 0.2) is 11.5 Å². The molecule has 1 atom stereocenters. The van der Waals surface area contributed by atoms with Crippen molar-refractivity contribution >= 4 is 17.6 Å². The molecular formula is C14H18N4O4. The quantitative estimate of drug-likeness (QED) is 0.703. The van der Waals surface area contributed by atoms with Gasteiger partial charge in [0, 0.05) is 12.6 Å². The number of hydrogen-bond donors (Lipinski definition) is 3. The van der Waals surface area contributed by atoms with Gasteiger partial charge in [-0.2, -0.15) is 0 Å². The number of rotatable bonds is 3. The molecule has 0 aliphatic carbocycles. The number of hydrazine groups is 1. The van der Waals surface area contributed by atoms with Gasteiger partial charge in [-0.3, -0.25) is 15.6 Å². The third-order valence-corrected chi connectivity index (χ3v) is 3.71. The van der Waals surface area contributed by atoms with Crippen molar-refractivity contribution in [2.75, 3.05) is 25.2 Å². The van der Waals surface area contributed by atoms with E-state index in [0.29, 0.717) is 43.4 Å². The van der Waals surface area contributed by atoms with Crippen LogP contribution in [0.3, 0.4) is 0 Å². The summed E-state index contributed by atoms with van der Waals surface area (Å²) in [6, 6.07) is 4.19. The Morgan fingerprint density at radius 1 is 1.23 bits per heavy atom. The van der Waals surface area contributed by atoms with Gasteiger partial charge in [0.05, 0.1) is 5.69 Å². The van der Waals surface area contributed by atoms with Crippen LogP contribution in [0.4, 0.5) is 10.5 Å². The molecule has 2 aliphatic heterocycles. The number of hydrogen-bond acceptors (Lipinski definition) is 5. The first-order valence-electron chi connectivity index (χ1n) is 7.17. The third-order valence-electron chi connectivity index (χ3n) is 3.71. The Labute approximate surface area is 127 Å². The molecule has 1 unspecified atom stereocenters. The predicted octanol–water partition coefficient (Wildman–Crippen LogP) is 0.444. The van der Waals surface area contributed by atoms with Crippen LogP contribution in [0.25, 0.3) is 0 Å². The number of nitrogens with zero attached hydrogens (tertiary/aromatic N) is 1. The maximum absolute atomic E-state index is 12.1. The third kappa shape index (κ3) is 2.85. The first-order chi connectivity index (χ1) is 10.6. The second-order valence-electron chi connectivity index (χ2n) is 5.16. The lowest BCUT2D eigenvalue weighted by atomic mass is 10.2. The van der Waals surface area contributed by atoms with E-state index in [1.165, 1.54) is 4.90 Å². The molecule has 8 heteroatoms. The molecule has 3 amide bonds. The highest BCUT2D eigenvalue weighted by Crippen LogP contribution is 2.32. The number of benzene rings is 1. The fraction of sp³-hybridized carbons (Fsp3) is 0.429. The summed E-state index contributed by atoms with van der Waals surface area (Å²) in [5.74, 6) is 1.02. The van der Waals surface area contributed by atoms with Gasteiger partial charge >= 0.3 is 6.03 Å². The Kier molecular flexibility index (Phi) is 3.90. The molecule has 1 aromatic rings. The summed E-state index contributed by atoms with van der Waals surface area (Å²) in [5.41, 5.74) is 11.3. The molecular weight excluding hydrogens is 288 g/mol. The minimum Gasteiger partial charge on any atom is -0.486 e. The van der Waals surface area contributed by atoms with Crippen molar-refractivity contribution in [1.29, 1.82) is 0 Å². The standard InChI is InChI=1S/C14H18N4O4/c15-14(20)18-5-1-2-10(18)13(19)17-16-9-3-4-11-12(8-9)22-7-6-21-11/h3-4,8,10,16H,1-2,5-7H2,(H2,15,20)(H,17,19). The van der Waals surface area contributed by atoms with Crippen molar-refractivity contribution in [1.82, 2.24) is 10.3 Å². The lowest BCUT2D eigenvalue weighted by molar-refractivity contribution is -0.124. The zero-order valence-corrected chi connectivity index (χ0v) is 12.0. The minimum atomic E-state index is -0.572. The number of primary amides is 1. The second-order valence-corrected chi connectivity index (χ2v) is 5.16. The van der Waals surface area contributed by atoms with E-state index >= 15 is 0 Å². The van der Waals surface area contributed by atoms with Crippen molar-refractivity contribution in [3.63, 3.8) is 0 Å². The maximum atomic E-state index is 12.1. The summed E-state index contributed by atoms with van der Waals surface area (Å²) in [5, 5.41) is 0. The predicted molar refractivity (Wildman–Crippen MR) is 78.5 cm³/mol. The number of carbonyl (C=O) groups is 2. The van der Waals surface area contributed by atoms with Crippen LogP contribution in [-0.2, 0) is 4.79 Å². The van der Waals surface area contributed by atoms with E-state index in [1.807, 2.05) is 0 Å². The fourth-order valence-corrected chi connectivity index (χ4v) is 2.64. The Bertz CT molecular complexity index is 592. The molecule has 0 radical (unpaired) electrons. The number of amides is 3. The van der Waals surface area contributed by atoms with Crippen molar-refractivity contribution in [3.05, 3.63) is 18.2 Å². The smallest absolute Gasteiger partial charge is 0.315 e. The number of likely N-dealkylation sites (tertiary alicyclic amines) is 1. The van der Waals surface area contributed by atoms with Crippen LogP contribution in [-0.4, -0.2) is 42.6 Å². The summed E-state index contributed by atoms with van der Waals surface area (Å²) in [6.07, 6.45) is 1.38.